The predicted molar refractivity (Wildman–Crippen MR) is 118 cm³/mol. The molecule has 0 aromatic carbocycles. The van der Waals surface area contributed by atoms with E-state index in [1.807, 2.05) is 6.08 Å². The van der Waals surface area contributed by atoms with Gasteiger partial charge in [-0.05, 0) is 70.0 Å². The highest BCUT2D eigenvalue weighted by atomic mass is 79.9. The molecule has 4 rings (SSSR count). The fourth-order valence-corrected chi connectivity index (χ4v) is 3.91. The van der Waals surface area contributed by atoms with E-state index in [1.165, 1.54) is 17.5 Å². The highest BCUT2D eigenvalue weighted by Gasteiger charge is 2.25. The van der Waals surface area contributed by atoms with Crippen molar-refractivity contribution in [2.75, 3.05) is 13.2 Å². The molecule has 2 aliphatic rings. The summed E-state index contributed by atoms with van der Waals surface area (Å²) in [5, 5.41) is 30.6. The third-order valence-electron chi connectivity index (χ3n) is 4.01. The Balaban J connectivity index is 0.000000183. The van der Waals surface area contributed by atoms with Crippen molar-refractivity contribution < 1.29 is 19.3 Å². The molecule has 1 unspecified atom stereocenters. The molecule has 0 spiro atoms. The van der Waals surface area contributed by atoms with Crippen molar-refractivity contribution in [3.8, 4) is 0 Å². The summed E-state index contributed by atoms with van der Waals surface area (Å²) in [6, 6.07) is 0. The molecule has 2 aliphatic heterocycles. The number of allylic oxidation sites excluding steroid dienone is 1. The van der Waals surface area contributed by atoms with Crippen LogP contribution in [0.25, 0.3) is 0 Å². The van der Waals surface area contributed by atoms with Crippen molar-refractivity contribution in [3.05, 3.63) is 53.1 Å². The Labute approximate surface area is 198 Å². The number of nitrogens with zero attached hydrogens (tertiary/aromatic N) is 5. The third-order valence-corrected chi connectivity index (χ3v) is 5.48. The van der Waals surface area contributed by atoms with Crippen molar-refractivity contribution in [1.82, 2.24) is 20.0 Å². The maximum absolute atomic E-state index is 10.5. The van der Waals surface area contributed by atoms with Gasteiger partial charge in [0.1, 0.15) is 6.20 Å². The van der Waals surface area contributed by atoms with Crippen LogP contribution < -0.4 is 0 Å². The lowest BCUT2D eigenvalue weighted by Gasteiger charge is -2.22. The SMILES string of the molecule is C1=COCCC1.O=[N+]([O-])c1c(Br)n[nH]c1Br.O=[N+]([O-])c1cnn(C2CCCCO2)c1Cl. The Bertz CT molecular complexity index is 887. The van der Waals surface area contributed by atoms with Gasteiger partial charge in [0, 0.05) is 6.61 Å². The molecule has 1 atom stereocenters. The van der Waals surface area contributed by atoms with Crippen molar-refractivity contribution in [1.29, 1.82) is 0 Å². The van der Waals surface area contributed by atoms with Crippen LogP contribution in [0.1, 0.15) is 38.3 Å². The van der Waals surface area contributed by atoms with Crippen LogP contribution in [0.4, 0.5) is 11.4 Å². The van der Waals surface area contributed by atoms with Gasteiger partial charge in [0.25, 0.3) is 0 Å². The van der Waals surface area contributed by atoms with E-state index < -0.39 is 9.85 Å². The van der Waals surface area contributed by atoms with E-state index in [4.69, 9.17) is 21.1 Å². The average Bonchev–Trinajstić information content (AvgIpc) is 3.32. The van der Waals surface area contributed by atoms with Crippen molar-refractivity contribution >= 4 is 54.8 Å². The Hall–Kier alpha value is -2.03. The molecule has 2 aromatic heterocycles. The van der Waals surface area contributed by atoms with E-state index >= 15 is 0 Å². The first-order valence-electron chi connectivity index (χ1n) is 9.12. The number of halogens is 3. The van der Waals surface area contributed by atoms with Crippen LogP contribution in [-0.4, -0.2) is 43.0 Å². The summed E-state index contributed by atoms with van der Waals surface area (Å²) in [6.07, 6.45) is 9.91. The van der Waals surface area contributed by atoms with Gasteiger partial charge in [0.05, 0.1) is 22.7 Å². The van der Waals surface area contributed by atoms with E-state index in [0.717, 1.165) is 32.1 Å². The molecule has 0 aliphatic carbocycles. The molecule has 2 aromatic rings. The van der Waals surface area contributed by atoms with Gasteiger partial charge < -0.3 is 9.47 Å². The monoisotopic (exact) mass is 584 g/mol. The van der Waals surface area contributed by atoms with Gasteiger partial charge in [-0.25, -0.2) is 4.68 Å². The summed E-state index contributed by atoms with van der Waals surface area (Å²) >= 11 is 11.7. The molecule has 15 heteroatoms. The van der Waals surface area contributed by atoms with Crippen LogP contribution in [0.5, 0.6) is 0 Å². The molecule has 0 saturated carbocycles. The van der Waals surface area contributed by atoms with Gasteiger partial charge in [-0.2, -0.15) is 10.2 Å². The summed E-state index contributed by atoms with van der Waals surface area (Å²) in [7, 11) is 0. The highest BCUT2D eigenvalue weighted by molar-refractivity contribution is 9.11. The fourth-order valence-electron chi connectivity index (χ4n) is 2.52. The first kappa shape index (κ1) is 25.2. The Morgan fingerprint density at radius 3 is 2.32 bits per heavy atom. The Morgan fingerprint density at radius 1 is 1.19 bits per heavy atom. The molecule has 0 amide bonds. The number of nitro groups is 2. The summed E-state index contributed by atoms with van der Waals surface area (Å²) in [5.74, 6) is 0. The quantitative estimate of drug-likeness (QED) is 0.376. The highest BCUT2D eigenvalue weighted by Crippen LogP contribution is 2.31. The first-order valence-corrected chi connectivity index (χ1v) is 11.1. The maximum atomic E-state index is 10.5. The zero-order valence-corrected chi connectivity index (χ0v) is 20.0. The molecular formula is C16H19Br2ClN6O6. The molecule has 0 radical (unpaired) electrons. The van der Waals surface area contributed by atoms with Crippen LogP contribution in [0, 0.1) is 20.2 Å². The van der Waals surface area contributed by atoms with Gasteiger partial charge in [0.15, 0.2) is 10.8 Å². The molecule has 1 saturated heterocycles. The second-order valence-electron chi connectivity index (χ2n) is 6.16. The van der Waals surface area contributed by atoms with E-state index in [1.54, 1.807) is 6.26 Å². The van der Waals surface area contributed by atoms with Crippen LogP contribution in [0.3, 0.4) is 0 Å². The number of rotatable bonds is 3. The summed E-state index contributed by atoms with van der Waals surface area (Å²) in [6.45, 7) is 1.56. The third kappa shape index (κ3) is 7.55. The molecular weight excluding hydrogens is 567 g/mol. The van der Waals surface area contributed by atoms with Crippen molar-refractivity contribution in [2.45, 2.75) is 38.3 Å². The summed E-state index contributed by atoms with van der Waals surface area (Å²) in [5.41, 5.74) is -0.258. The van der Waals surface area contributed by atoms with Gasteiger partial charge in [0.2, 0.25) is 9.76 Å². The lowest BCUT2D eigenvalue weighted by Crippen LogP contribution is -2.19. The minimum atomic E-state index is -0.547. The van der Waals surface area contributed by atoms with Crippen LogP contribution >= 0.6 is 43.5 Å². The number of hydrogen-bond acceptors (Lipinski definition) is 8. The minimum Gasteiger partial charge on any atom is -0.502 e. The molecule has 1 fully saturated rings. The van der Waals surface area contributed by atoms with E-state index in [2.05, 4.69) is 47.2 Å². The van der Waals surface area contributed by atoms with E-state index in [0.29, 0.717) is 6.61 Å². The van der Waals surface area contributed by atoms with Gasteiger partial charge in [-0.3, -0.25) is 25.3 Å². The summed E-state index contributed by atoms with van der Waals surface area (Å²) in [4.78, 5) is 19.7. The molecule has 4 heterocycles. The maximum Gasteiger partial charge on any atom is 0.335 e. The van der Waals surface area contributed by atoms with Gasteiger partial charge >= 0.3 is 11.4 Å². The number of aromatic amines is 1. The first-order chi connectivity index (χ1) is 14.8. The second kappa shape index (κ2) is 12.7. The lowest BCUT2D eigenvalue weighted by atomic mass is 10.2. The van der Waals surface area contributed by atoms with Crippen LogP contribution in [0.15, 0.2) is 27.7 Å². The van der Waals surface area contributed by atoms with Gasteiger partial charge in [-0.15, -0.1) is 0 Å². The second-order valence-corrected chi connectivity index (χ2v) is 8.06. The topological polar surface area (TPSA) is 151 Å². The normalized spacial score (nSPS) is 17.5. The van der Waals surface area contributed by atoms with E-state index in [-0.39, 0.29) is 32.0 Å². The van der Waals surface area contributed by atoms with Crippen molar-refractivity contribution in [3.63, 3.8) is 0 Å². The van der Waals surface area contributed by atoms with Crippen LogP contribution in [-0.2, 0) is 9.47 Å². The average molecular weight is 587 g/mol. The van der Waals surface area contributed by atoms with Crippen LogP contribution in [0.2, 0.25) is 5.15 Å². The summed E-state index contributed by atoms with van der Waals surface area (Å²) < 4.78 is 12.2. The van der Waals surface area contributed by atoms with Gasteiger partial charge in [-0.1, -0.05) is 11.6 Å². The molecule has 12 nitrogen and oxygen atoms in total. The molecule has 0 bridgehead atoms. The molecule has 1 N–H and O–H groups in total. The smallest absolute Gasteiger partial charge is 0.335 e. The molecule has 31 heavy (non-hydrogen) atoms. The minimum absolute atomic E-state index is 0.0342. The largest absolute Gasteiger partial charge is 0.502 e. The zero-order valence-electron chi connectivity index (χ0n) is 16.1. The zero-order chi connectivity index (χ0) is 22.8. The Morgan fingerprint density at radius 2 is 1.97 bits per heavy atom. The number of ether oxygens (including phenoxy) is 2. The number of nitrogens with one attached hydrogen (secondary N) is 1. The Kier molecular flexibility index (Phi) is 10.4. The number of aromatic nitrogens is 4. The fraction of sp³-hybridized carbons (Fsp3) is 0.500. The predicted octanol–water partition coefficient (Wildman–Crippen LogP) is 5.30. The van der Waals surface area contributed by atoms with E-state index in [9.17, 15) is 20.2 Å². The van der Waals surface area contributed by atoms with Crippen molar-refractivity contribution in [2.24, 2.45) is 0 Å². The number of H-pyrrole nitrogens is 1. The molecule has 170 valence electrons. The standard InChI is InChI=1S/C8H10ClN3O3.C5H8O.C3HBr2N3O2/c9-8-6(12(13)14)5-10-11(8)7-3-1-2-4-15-7;1-2-4-6-5-3-1;4-2-1(8(9)10)3(5)7-6-2/h5,7H,1-4H2;2,4H,1,3,5H2;(H,6,7). The number of hydrogen-bond donors (Lipinski definition) is 1. The lowest BCUT2D eigenvalue weighted by molar-refractivity contribution is -0.386.